The summed E-state index contributed by atoms with van der Waals surface area (Å²) in [4.78, 5) is 0. The van der Waals surface area contributed by atoms with Crippen LogP contribution in [-0.4, -0.2) is 26.3 Å². The van der Waals surface area contributed by atoms with Gasteiger partial charge in [-0.2, -0.15) is 0 Å². The van der Waals surface area contributed by atoms with Crippen LogP contribution in [0.2, 0.25) is 0 Å². The lowest BCUT2D eigenvalue weighted by Crippen LogP contribution is -2.36. The molecule has 1 unspecified atom stereocenters. The van der Waals surface area contributed by atoms with Gasteiger partial charge in [0, 0.05) is 12.6 Å². The van der Waals surface area contributed by atoms with E-state index >= 15 is 0 Å². The quantitative estimate of drug-likeness (QED) is 0.705. The van der Waals surface area contributed by atoms with Crippen molar-refractivity contribution < 1.29 is 4.74 Å². The molecule has 0 aromatic heterocycles. The zero-order chi connectivity index (χ0) is 9.80. The third-order valence-electron chi connectivity index (χ3n) is 3.69. The van der Waals surface area contributed by atoms with Crippen LogP contribution in [0.25, 0.3) is 0 Å². The average molecular weight is 197 g/mol. The predicted octanol–water partition coefficient (Wildman–Crippen LogP) is 2.19. The minimum atomic E-state index is 0.608. The summed E-state index contributed by atoms with van der Waals surface area (Å²) in [6, 6.07) is 0.608. The highest BCUT2D eigenvalue weighted by Gasteiger charge is 2.25. The molecule has 2 aliphatic rings. The van der Waals surface area contributed by atoms with Crippen LogP contribution in [0.15, 0.2) is 0 Å². The monoisotopic (exact) mass is 197 g/mol. The first-order valence-electron chi connectivity index (χ1n) is 6.15. The standard InChI is InChI=1S/C12H23NO/c1-13-12(11-4-2-3-5-11)9-14-8-10-6-7-10/h10-13H,2-9H2,1H3. The fraction of sp³-hybridized carbons (Fsp3) is 1.00. The van der Waals surface area contributed by atoms with E-state index in [0.29, 0.717) is 6.04 Å². The summed E-state index contributed by atoms with van der Waals surface area (Å²) >= 11 is 0. The van der Waals surface area contributed by atoms with Crippen LogP contribution in [0.3, 0.4) is 0 Å². The molecule has 0 radical (unpaired) electrons. The first kappa shape index (κ1) is 10.4. The maximum atomic E-state index is 5.76. The van der Waals surface area contributed by atoms with Crippen molar-refractivity contribution in [1.29, 1.82) is 0 Å². The van der Waals surface area contributed by atoms with Gasteiger partial charge in [-0.3, -0.25) is 0 Å². The van der Waals surface area contributed by atoms with Gasteiger partial charge < -0.3 is 10.1 Å². The summed E-state index contributed by atoms with van der Waals surface area (Å²) in [5, 5.41) is 3.41. The van der Waals surface area contributed by atoms with Crippen molar-refractivity contribution in [3.05, 3.63) is 0 Å². The van der Waals surface area contributed by atoms with Crippen molar-refractivity contribution in [2.24, 2.45) is 11.8 Å². The van der Waals surface area contributed by atoms with E-state index in [4.69, 9.17) is 4.74 Å². The molecule has 0 saturated heterocycles. The van der Waals surface area contributed by atoms with Gasteiger partial charge in [-0.1, -0.05) is 12.8 Å². The SMILES string of the molecule is CNC(COCC1CC1)C1CCCC1. The lowest BCUT2D eigenvalue weighted by molar-refractivity contribution is 0.0886. The normalized spacial score (nSPS) is 25.5. The van der Waals surface area contributed by atoms with E-state index in [2.05, 4.69) is 12.4 Å². The number of hydrogen-bond donors (Lipinski definition) is 1. The van der Waals surface area contributed by atoms with Gasteiger partial charge in [-0.15, -0.1) is 0 Å². The Balaban J connectivity index is 1.63. The summed E-state index contributed by atoms with van der Waals surface area (Å²) in [5.74, 6) is 1.77. The van der Waals surface area contributed by atoms with Crippen LogP contribution < -0.4 is 5.32 Å². The number of ether oxygens (including phenoxy) is 1. The summed E-state index contributed by atoms with van der Waals surface area (Å²) < 4.78 is 5.76. The number of rotatable bonds is 6. The van der Waals surface area contributed by atoms with Gasteiger partial charge in [0.25, 0.3) is 0 Å². The first-order chi connectivity index (χ1) is 6.90. The largest absolute Gasteiger partial charge is 0.380 e. The molecule has 0 spiro atoms. The van der Waals surface area contributed by atoms with Crippen LogP contribution in [0.4, 0.5) is 0 Å². The molecule has 2 nitrogen and oxygen atoms in total. The second kappa shape index (κ2) is 5.13. The Kier molecular flexibility index (Phi) is 3.82. The van der Waals surface area contributed by atoms with Crippen molar-refractivity contribution >= 4 is 0 Å². The highest BCUT2D eigenvalue weighted by Crippen LogP contribution is 2.30. The van der Waals surface area contributed by atoms with E-state index < -0.39 is 0 Å². The molecule has 0 aromatic rings. The van der Waals surface area contributed by atoms with Crippen molar-refractivity contribution in [2.75, 3.05) is 20.3 Å². The summed E-state index contributed by atoms with van der Waals surface area (Å²) in [7, 11) is 2.07. The number of likely N-dealkylation sites (N-methyl/N-ethyl adjacent to an activating group) is 1. The van der Waals surface area contributed by atoms with E-state index in [0.717, 1.165) is 25.0 Å². The van der Waals surface area contributed by atoms with Gasteiger partial charge >= 0.3 is 0 Å². The molecule has 1 atom stereocenters. The molecule has 0 aromatic carbocycles. The molecule has 0 aliphatic heterocycles. The summed E-state index contributed by atoms with van der Waals surface area (Å²) in [6.45, 7) is 1.93. The Morgan fingerprint density at radius 2 is 1.93 bits per heavy atom. The molecule has 1 N–H and O–H groups in total. The molecule has 2 fully saturated rings. The summed E-state index contributed by atoms with van der Waals surface area (Å²) in [5.41, 5.74) is 0. The minimum absolute atomic E-state index is 0.608. The number of nitrogens with one attached hydrogen (secondary N) is 1. The van der Waals surface area contributed by atoms with Crippen LogP contribution in [0, 0.1) is 11.8 Å². The maximum Gasteiger partial charge on any atom is 0.0622 e. The van der Waals surface area contributed by atoms with E-state index in [1.165, 1.54) is 38.5 Å². The molecule has 2 aliphatic carbocycles. The molecule has 82 valence electrons. The first-order valence-corrected chi connectivity index (χ1v) is 6.15. The zero-order valence-electron chi connectivity index (χ0n) is 9.30. The third kappa shape index (κ3) is 2.96. The molecule has 2 saturated carbocycles. The lowest BCUT2D eigenvalue weighted by atomic mass is 9.99. The van der Waals surface area contributed by atoms with E-state index in [1.807, 2.05) is 0 Å². The van der Waals surface area contributed by atoms with Crippen LogP contribution in [-0.2, 0) is 4.74 Å². The highest BCUT2D eigenvalue weighted by atomic mass is 16.5. The second-order valence-electron chi connectivity index (χ2n) is 4.92. The minimum Gasteiger partial charge on any atom is -0.380 e. The van der Waals surface area contributed by atoms with Gasteiger partial charge in [0.15, 0.2) is 0 Å². The van der Waals surface area contributed by atoms with Gasteiger partial charge in [0.1, 0.15) is 0 Å². The van der Waals surface area contributed by atoms with Crippen molar-refractivity contribution in [2.45, 2.75) is 44.6 Å². The Morgan fingerprint density at radius 3 is 2.50 bits per heavy atom. The van der Waals surface area contributed by atoms with Gasteiger partial charge in [0.2, 0.25) is 0 Å². The van der Waals surface area contributed by atoms with Crippen LogP contribution in [0.1, 0.15) is 38.5 Å². The predicted molar refractivity (Wildman–Crippen MR) is 58.3 cm³/mol. The molecular weight excluding hydrogens is 174 g/mol. The van der Waals surface area contributed by atoms with Crippen molar-refractivity contribution in [1.82, 2.24) is 5.32 Å². The van der Waals surface area contributed by atoms with Gasteiger partial charge in [-0.25, -0.2) is 0 Å². The molecule has 2 rings (SSSR count). The second-order valence-corrected chi connectivity index (χ2v) is 4.92. The topological polar surface area (TPSA) is 21.3 Å². The fourth-order valence-corrected chi connectivity index (χ4v) is 2.46. The Labute approximate surface area is 87.4 Å². The molecule has 0 amide bonds. The average Bonchev–Trinajstić information content (AvgIpc) is 2.86. The van der Waals surface area contributed by atoms with Crippen molar-refractivity contribution in [3.8, 4) is 0 Å². The van der Waals surface area contributed by atoms with Gasteiger partial charge in [-0.05, 0) is 44.6 Å². The van der Waals surface area contributed by atoms with Crippen LogP contribution >= 0.6 is 0 Å². The molecular formula is C12H23NO. The zero-order valence-corrected chi connectivity index (χ0v) is 9.30. The molecule has 0 heterocycles. The van der Waals surface area contributed by atoms with E-state index in [-0.39, 0.29) is 0 Å². The Hall–Kier alpha value is -0.0800. The van der Waals surface area contributed by atoms with Gasteiger partial charge in [0.05, 0.1) is 6.61 Å². The number of hydrogen-bond acceptors (Lipinski definition) is 2. The Morgan fingerprint density at radius 1 is 1.21 bits per heavy atom. The molecule has 0 bridgehead atoms. The lowest BCUT2D eigenvalue weighted by Gasteiger charge is -2.22. The Bertz CT molecular complexity index is 162. The smallest absolute Gasteiger partial charge is 0.0622 e. The highest BCUT2D eigenvalue weighted by molar-refractivity contribution is 4.80. The summed E-state index contributed by atoms with van der Waals surface area (Å²) in [6.07, 6.45) is 8.44. The fourth-order valence-electron chi connectivity index (χ4n) is 2.46. The molecule has 14 heavy (non-hydrogen) atoms. The van der Waals surface area contributed by atoms with E-state index in [1.54, 1.807) is 0 Å². The molecule has 2 heteroatoms. The van der Waals surface area contributed by atoms with Crippen molar-refractivity contribution in [3.63, 3.8) is 0 Å². The third-order valence-corrected chi connectivity index (χ3v) is 3.69. The van der Waals surface area contributed by atoms with Crippen LogP contribution in [0.5, 0.6) is 0 Å². The maximum absolute atomic E-state index is 5.76. The van der Waals surface area contributed by atoms with E-state index in [9.17, 15) is 0 Å².